The molecule has 0 aromatic heterocycles. The van der Waals surface area contributed by atoms with E-state index in [1.165, 1.54) is 0 Å². The van der Waals surface area contributed by atoms with Crippen molar-refractivity contribution in [2.45, 2.75) is 6.54 Å². The molecule has 1 aliphatic heterocycles. The van der Waals surface area contributed by atoms with Gasteiger partial charge < -0.3 is 15.4 Å². The first kappa shape index (κ1) is 21.6. The van der Waals surface area contributed by atoms with Gasteiger partial charge in [0.1, 0.15) is 12.4 Å². The molecule has 2 N–H and O–H groups in total. The fraction of sp³-hybridized carbons (Fsp3) is 0.500. The zero-order valence-electron chi connectivity index (χ0n) is 15.7. The van der Waals surface area contributed by atoms with Crippen molar-refractivity contribution in [2.75, 3.05) is 50.5 Å². The average molecular weight is 413 g/mol. The minimum atomic E-state index is -3.23. The number of benzene rings is 1. The molecule has 1 heterocycles. The van der Waals surface area contributed by atoms with E-state index in [1.54, 1.807) is 29.2 Å². The smallest absolute Gasteiger partial charge is 0.215 e. The molecule has 1 aromatic carbocycles. The number of ether oxygens (including phenoxy) is 1. The van der Waals surface area contributed by atoms with Gasteiger partial charge in [-0.15, -0.1) is 0 Å². The fourth-order valence-corrected chi connectivity index (χ4v) is 5.08. The van der Waals surface area contributed by atoms with Crippen LogP contribution in [0.3, 0.4) is 0 Å². The van der Waals surface area contributed by atoms with Crippen LogP contribution in [0.1, 0.15) is 5.56 Å². The van der Waals surface area contributed by atoms with Crippen molar-refractivity contribution < 1.29 is 13.2 Å². The summed E-state index contributed by atoms with van der Waals surface area (Å²) < 4.78 is 32.0. The largest absolute Gasteiger partial charge is 0.489 e. The number of rotatable bonds is 9. The van der Waals surface area contributed by atoms with Gasteiger partial charge in [0.05, 0.1) is 5.75 Å². The number of nitrogens with zero attached hydrogens (tertiary/aromatic N) is 2. The van der Waals surface area contributed by atoms with E-state index < -0.39 is 10.0 Å². The molecule has 0 bridgehead atoms. The van der Waals surface area contributed by atoms with E-state index >= 15 is 0 Å². The number of hydrogen-bond acceptors (Lipinski definition) is 5. The third-order valence-corrected chi connectivity index (χ3v) is 6.83. The average Bonchev–Trinajstić information content (AvgIpc) is 2.70. The molecule has 7 nitrogen and oxygen atoms in total. The van der Waals surface area contributed by atoms with Crippen molar-refractivity contribution in [3.8, 4) is 5.75 Å². The third kappa shape index (κ3) is 7.08. The van der Waals surface area contributed by atoms with Crippen LogP contribution in [0.15, 0.2) is 41.9 Å². The lowest BCUT2D eigenvalue weighted by molar-refractivity contribution is 0.358. The van der Waals surface area contributed by atoms with Gasteiger partial charge in [-0.3, -0.25) is 4.99 Å². The molecule has 1 aromatic rings. The second-order valence-corrected chi connectivity index (χ2v) is 9.20. The summed E-state index contributed by atoms with van der Waals surface area (Å²) in [5.41, 5.74) is 0.987. The Morgan fingerprint density at radius 3 is 2.78 bits per heavy atom. The molecule has 2 rings (SSSR count). The fourth-order valence-electron chi connectivity index (χ4n) is 2.59. The Morgan fingerprint density at radius 1 is 1.33 bits per heavy atom. The number of guanidine groups is 1. The highest BCUT2D eigenvalue weighted by Gasteiger charge is 2.23. The molecular weight excluding hydrogens is 384 g/mol. The molecule has 9 heteroatoms. The third-order valence-electron chi connectivity index (χ3n) is 4.02. The predicted molar refractivity (Wildman–Crippen MR) is 113 cm³/mol. The van der Waals surface area contributed by atoms with Gasteiger partial charge in [0.25, 0.3) is 0 Å². The topological polar surface area (TPSA) is 83.0 Å². The second-order valence-electron chi connectivity index (χ2n) is 5.89. The van der Waals surface area contributed by atoms with Gasteiger partial charge in [0.2, 0.25) is 10.0 Å². The van der Waals surface area contributed by atoms with Crippen molar-refractivity contribution in [3.05, 3.63) is 42.5 Å². The van der Waals surface area contributed by atoms with Gasteiger partial charge in [-0.25, -0.2) is 12.7 Å². The molecule has 1 fully saturated rings. The van der Waals surface area contributed by atoms with Crippen molar-refractivity contribution in [1.29, 1.82) is 0 Å². The van der Waals surface area contributed by atoms with Gasteiger partial charge in [-0.05, 0) is 6.07 Å². The lowest BCUT2D eigenvalue weighted by Crippen LogP contribution is -2.44. The van der Waals surface area contributed by atoms with Gasteiger partial charge in [-0.1, -0.05) is 30.9 Å². The molecule has 1 saturated heterocycles. The molecule has 1 aliphatic rings. The summed E-state index contributed by atoms with van der Waals surface area (Å²) in [7, 11) is -1.57. The van der Waals surface area contributed by atoms with Crippen LogP contribution >= 0.6 is 11.8 Å². The molecule has 0 unspecified atom stereocenters. The van der Waals surface area contributed by atoms with E-state index in [0.29, 0.717) is 38.7 Å². The maximum absolute atomic E-state index is 12.4. The highest BCUT2D eigenvalue weighted by atomic mass is 32.2. The summed E-state index contributed by atoms with van der Waals surface area (Å²) in [4.78, 5) is 4.15. The number of hydrogen-bond donors (Lipinski definition) is 2. The molecular formula is C18H28N4O3S2. The maximum atomic E-state index is 12.4. The van der Waals surface area contributed by atoms with Gasteiger partial charge in [0.15, 0.2) is 5.96 Å². The number of nitrogens with one attached hydrogen (secondary N) is 2. The van der Waals surface area contributed by atoms with E-state index in [4.69, 9.17) is 4.74 Å². The SMILES string of the molecule is C=CCOc1ccccc1CNC(=NC)NCCS(=O)(=O)N1CCSCC1. The Balaban J connectivity index is 1.82. The normalized spacial score (nSPS) is 16.0. The summed E-state index contributed by atoms with van der Waals surface area (Å²) >= 11 is 1.79. The zero-order valence-corrected chi connectivity index (χ0v) is 17.3. The Bertz CT molecular complexity index is 732. The Hall–Kier alpha value is -1.71. The van der Waals surface area contributed by atoms with Gasteiger partial charge in [-0.2, -0.15) is 11.8 Å². The minimum absolute atomic E-state index is 0.0530. The second kappa shape index (κ2) is 11.2. The lowest BCUT2D eigenvalue weighted by atomic mass is 10.2. The summed E-state index contributed by atoms with van der Waals surface area (Å²) in [6.45, 7) is 6.12. The maximum Gasteiger partial charge on any atom is 0.215 e. The molecule has 27 heavy (non-hydrogen) atoms. The quantitative estimate of drug-likeness (QED) is 0.361. The first-order valence-corrected chi connectivity index (χ1v) is 11.6. The van der Waals surface area contributed by atoms with E-state index in [2.05, 4.69) is 22.2 Å². The molecule has 0 atom stereocenters. The standard InChI is InChI=1S/C18H28N4O3S2/c1-3-11-25-17-7-5-4-6-16(17)15-21-18(19-2)20-8-14-27(23,24)22-9-12-26-13-10-22/h3-7H,1,8-15H2,2H3,(H2,19,20,21). The monoisotopic (exact) mass is 412 g/mol. The van der Waals surface area contributed by atoms with Crippen LogP contribution in [0.25, 0.3) is 0 Å². The van der Waals surface area contributed by atoms with Crippen LogP contribution in [0, 0.1) is 0 Å². The Morgan fingerprint density at radius 2 is 2.07 bits per heavy atom. The van der Waals surface area contributed by atoms with E-state index in [1.807, 2.05) is 24.3 Å². The van der Waals surface area contributed by atoms with Crippen molar-refractivity contribution >= 4 is 27.7 Å². The van der Waals surface area contributed by atoms with E-state index in [-0.39, 0.29) is 5.75 Å². The Labute approximate surface area is 166 Å². The molecule has 0 amide bonds. The van der Waals surface area contributed by atoms with Crippen LogP contribution in [0.2, 0.25) is 0 Å². The van der Waals surface area contributed by atoms with Crippen LogP contribution in [0.4, 0.5) is 0 Å². The first-order chi connectivity index (χ1) is 13.1. The first-order valence-electron chi connectivity index (χ1n) is 8.88. The van der Waals surface area contributed by atoms with Crippen molar-refractivity contribution in [2.24, 2.45) is 4.99 Å². The molecule has 150 valence electrons. The molecule has 0 spiro atoms. The molecule has 0 aliphatic carbocycles. The summed E-state index contributed by atoms with van der Waals surface area (Å²) in [6, 6.07) is 7.73. The minimum Gasteiger partial charge on any atom is -0.489 e. The van der Waals surface area contributed by atoms with Crippen LogP contribution < -0.4 is 15.4 Å². The summed E-state index contributed by atoms with van der Waals surface area (Å²) in [5, 5.41) is 6.26. The van der Waals surface area contributed by atoms with Crippen LogP contribution in [-0.2, 0) is 16.6 Å². The lowest BCUT2D eigenvalue weighted by Gasteiger charge is -2.25. The molecule has 0 radical (unpaired) electrons. The van der Waals surface area contributed by atoms with E-state index in [0.717, 1.165) is 22.8 Å². The van der Waals surface area contributed by atoms with Crippen molar-refractivity contribution in [1.82, 2.24) is 14.9 Å². The highest BCUT2D eigenvalue weighted by molar-refractivity contribution is 7.99. The molecule has 0 saturated carbocycles. The van der Waals surface area contributed by atoms with Crippen molar-refractivity contribution in [3.63, 3.8) is 0 Å². The number of para-hydroxylation sites is 1. The summed E-state index contributed by atoms with van der Waals surface area (Å²) in [6.07, 6.45) is 1.70. The van der Waals surface area contributed by atoms with Crippen LogP contribution in [0.5, 0.6) is 5.75 Å². The number of aliphatic imine (C=N–C) groups is 1. The van der Waals surface area contributed by atoms with E-state index in [9.17, 15) is 8.42 Å². The zero-order chi connectivity index (χ0) is 19.5. The number of thioether (sulfide) groups is 1. The summed E-state index contributed by atoms with van der Waals surface area (Å²) in [5.74, 6) is 3.12. The highest BCUT2D eigenvalue weighted by Crippen LogP contribution is 2.17. The van der Waals surface area contributed by atoms with Crippen LogP contribution in [-0.4, -0.2) is 69.2 Å². The van der Waals surface area contributed by atoms with Gasteiger partial charge in [0, 0.05) is 50.3 Å². The predicted octanol–water partition coefficient (Wildman–Crippen LogP) is 1.30. The Kier molecular flexibility index (Phi) is 8.96. The number of sulfonamides is 1. The van der Waals surface area contributed by atoms with Gasteiger partial charge >= 0.3 is 0 Å².